The van der Waals surface area contributed by atoms with Gasteiger partial charge in [-0.2, -0.15) is 0 Å². The van der Waals surface area contributed by atoms with Gasteiger partial charge >= 0.3 is 0 Å². The number of hydrogen-bond acceptors (Lipinski definition) is 2. The predicted molar refractivity (Wildman–Crippen MR) is 82.2 cm³/mol. The van der Waals surface area contributed by atoms with Gasteiger partial charge in [-0.25, -0.2) is 0 Å². The van der Waals surface area contributed by atoms with Crippen molar-refractivity contribution >= 4 is 0 Å². The first-order valence-electron chi connectivity index (χ1n) is 7.61. The van der Waals surface area contributed by atoms with Crippen LogP contribution in [0.15, 0.2) is 0 Å². The first kappa shape index (κ1) is 16.5. The molecule has 1 aliphatic heterocycles. The molecule has 1 fully saturated rings. The molecule has 0 bridgehead atoms. The van der Waals surface area contributed by atoms with Gasteiger partial charge in [0.15, 0.2) is 0 Å². The number of rotatable bonds is 3. The maximum absolute atomic E-state index is 6.17. The Morgan fingerprint density at radius 3 is 2.11 bits per heavy atom. The second kappa shape index (κ2) is 6.29. The Balaban J connectivity index is 2.66. The highest BCUT2D eigenvalue weighted by Crippen LogP contribution is 2.34. The highest BCUT2D eigenvalue weighted by molar-refractivity contribution is 5.16. The average Bonchev–Trinajstić information content (AvgIpc) is 2.21. The minimum Gasteiger partial charge on any atom is -0.357 e. The molecule has 1 aliphatic rings. The zero-order valence-corrected chi connectivity index (χ0v) is 13.8. The van der Waals surface area contributed by atoms with Gasteiger partial charge < -0.3 is 4.74 Å². The minimum absolute atomic E-state index is 0.0303. The maximum atomic E-state index is 6.17. The van der Waals surface area contributed by atoms with Gasteiger partial charge in [0, 0.05) is 12.1 Å². The lowest BCUT2D eigenvalue weighted by Crippen LogP contribution is -2.43. The van der Waals surface area contributed by atoms with Crippen molar-refractivity contribution in [3.63, 3.8) is 0 Å². The van der Waals surface area contributed by atoms with Crippen molar-refractivity contribution in [2.24, 2.45) is 0 Å². The van der Waals surface area contributed by atoms with Crippen LogP contribution in [0.1, 0.15) is 67.7 Å². The van der Waals surface area contributed by atoms with Crippen LogP contribution in [0.5, 0.6) is 0 Å². The molecule has 0 saturated carbocycles. The van der Waals surface area contributed by atoms with E-state index in [0.29, 0.717) is 12.1 Å². The molecule has 0 spiro atoms. The van der Waals surface area contributed by atoms with Crippen LogP contribution >= 0.6 is 0 Å². The van der Waals surface area contributed by atoms with E-state index in [1.807, 2.05) is 0 Å². The van der Waals surface area contributed by atoms with Crippen LogP contribution in [-0.2, 0) is 4.74 Å². The molecule has 0 aliphatic carbocycles. The molecule has 0 N–H and O–H groups in total. The Morgan fingerprint density at radius 2 is 1.63 bits per heavy atom. The third-order valence-electron chi connectivity index (χ3n) is 3.88. The van der Waals surface area contributed by atoms with Gasteiger partial charge in [-0.3, -0.25) is 4.90 Å². The van der Waals surface area contributed by atoms with E-state index in [2.05, 4.69) is 65.2 Å². The normalized spacial score (nSPS) is 26.6. The summed E-state index contributed by atoms with van der Waals surface area (Å²) < 4.78 is 6.17. The molecule has 1 atom stereocenters. The van der Waals surface area contributed by atoms with E-state index in [1.54, 1.807) is 0 Å². The fourth-order valence-electron chi connectivity index (χ4n) is 2.93. The van der Waals surface area contributed by atoms with Crippen molar-refractivity contribution in [3.8, 4) is 11.8 Å². The summed E-state index contributed by atoms with van der Waals surface area (Å²) in [5.41, 5.74) is -0.293. The Morgan fingerprint density at radius 1 is 1.05 bits per heavy atom. The van der Waals surface area contributed by atoms with Gasteiger partial charge in [-0.05, 0) is 67.7 Å². The van der Waals surface area contributed by atoms with E-state index >= 15 is 0 Å². The largest absolute Gasteiger partial charge is 0.357 e. The lowest BCUT2D eigenvalue weighted by Gasteiger charge is -2.40. The molecule has 0 radical (unpaired) electrons. The van der Waals surface area contributed by atoms with E-state index in [9.17, 15) is 0 Å². The van der Waals surface area contributed by atoms with Crippen LogP contribution in [0.25, 0.3) is 0 Å². The van der Waals surface area contributed by atoms with Crippen molar-refractivity contribution in [3.05, 3.63) is 0 Å². The van der Waals surface area contributed by atoms with Gasteiger partial charge in [0.05, 0.1) is 12.1 Å². The molecular weight excluding hydrogens is 234 g/mol. The van der Waals surface area contributed by atoms with Crippen molar-refractivity contribution < 1.29 is 4.74 Å². The van der Waals surface area contributed by atoms with Crippen molar-refractivity contribution in [2.75, 3.05) is 6.54 Å². The van der Waals surface area contributed by atoms with Gasteiger partial charge in [0.2, 0.25) is 0 Å². The zero-order chi connectivity index (χ0) is 14.7. The summed E-state index contributed by atoms with van der Waals surface area (Å²) >= 11 is 0. The summed E-state index contributed by atoms with van der Waals surface area (Å²) in [4.78, 5) is 2.41. The number of hydrogen-bond donors (Lipinski definition) is 0. The number of ether oxygens (including phenoxy) is 1. The molecule has 19 heavy (non-hydrogen) atoms. The minimum atomic E-state index is -0.263. The number of nitrogens with zero attached hydrogens (tertiary/aromatic N) is 1. The van der Waals surface area contributed by atoms with Gasteiger partial charge in [0.25, 0.3) is 0 Å². The Kier molecular flexibility index (Phi) is 5.47. The third-order valence-corrected chi connectivity index (χ3v) is 3.88. The second-order valence-corrected chi connectivity index (χ2v) is 7.11. The molecule has 0 amide bonds. The van der Waals surface area contributed by atoms with E-state index in [1.165, 1.54) is 6.42 Å². The highest BCUT2D eigenvalue weighted by atomic mass is 16.5. The topological polar surface area (TPSA) is 12.5 Å². The molecular formula is C17H31NO. The first-order chi connectivity index (χ1) is 8.65. The summed E-state index contributed by atoms with van der Waals surface area (Å²) in [6.45, 7) is 16.2. The lowest BCUT2D eigenvalue weighted by atomic mass is 9.88. The standard InChI is InChI=1S/C17H31NO/c1-14(2)18(15(3)4)13-9-12-17(7)11-8-10-16(5,6)19-17/h14-15H,8,10-11,13H2,1-7H3/t17-/m0/s1. The molecule has 0 aromatic carbocycles. The van der Waals surface area contributed by atoms with Crippen LogP contribution in [0.4, 0.5) is 0 Å². The van der Waals surface area contributed by atoms with Crippen LogP contribution < -0.4 is 0 Å². The molecule has 0 unspecified atom stereocenters. The highest BCUT2D eigenvalue weighted by Gasteiger charge is 2.35. The fraction of sp³-hybridized carbons (Fsp3) is 0.882. The Bertz CT molecular complexity index is 340. The summed E-state index contributed by atoms with van der Waals surface area (Å²) in [6, 6.07) is 1.07. The molecule has 2 heteroatoms. The lowest BCUT2D eigenvalue weighted by molar-refractivity contribution is -0.135. The quantitative estimate of drug-likeness (QED) is 0.719. The Hall–Kier alpha value is -0.520. The van der Waals surface area contributed by atoms with Crippen LogP contribution in [0.3, 0.4) is 0 Å². The van der Waals surface area contributed by atoms with Crippen molar-refractivity contribution in [1.29, 1.82) is 0 Å². The monoisotopic (exact) mass is 265 g/mol. The van der Waals surface area contributed by atoms with E-state index in [4.69, 9.17) is 4.74 Å². The van der Waals surface area contributed by atoms with Crippen LogP contribution in [0, 0.1) is 11.8 Å². The van der Waals surface area contributed by atoms with Crippen molar-refractivity contribution in [1.82, 2.24) is 4.90 Å². The summed E-state index contributed by atoms with van der Waals surface area (Å²) in [6.07, 6.45) is 3.39. The van der Waals surface area contributed by atoms with E-state index < -0.39 is 0 Å². The van der Waals surface area contributed by atoms with Gasteiger partial charge in [-0.1, -0.05) is 11.8 Å². The third kappa shape index (κ3) is 5.16. The van der Waals surface area contributed by atoms with Crippen LogP contribution in [0.2, 0.25) is 0 Å². The summed E-state index contributed by atoms with van der Waals surface area (Å²) in [5.74, 6) is 6.73. The second-order valence-electron chi connectivity index (χ2n) is 7.11. The predicted octanol–water partition coefficient (Wildman–Crippen LogP) is 3.85. The van der Waals surface area contributed by atoms with Crippen LogP contribution in [-0.4, -0.2) is 34.7 Å². The molecule has 2 nitrogen and oxygen atoms in total. The SMILES string of the molecule is CC(C)N(CC#C[C@]1(C)CCCC(C)(C)O1)C(C)C. The average molecular weight is 265 g/mol. The van der Waals surface area contributed by atoms with Crippen molar-refractivity contribution in [2.45, 2.75) is 91.0 Å². The Labute approximate surface area is 119 Å². The summed E-state index contributed by atoms with van der Waals surface area (Å²) in [5, 5.41) is 0. The molecule has 1 heterocycles. The summed E-state index contributed by atoms with van der Waals surface area (Å²) in [7, 11) is 0. The fourth-order valence-corrected chi connectivity index (χ4v) is 2.93. The zero-order valence-electron chi connectivity index (χ0n) is 13.8. The molecule has 1 saturated heterocycles. The van der Waals surface area contributed by atoms with Gasteiger partial charge in [-0.15, -0.1) is 0 Å². The molecule has 0 aromatic heterocycles. The van der Waals surface area contributed by atoms with Gasteiger partial charge in [0.1, 0.15) is 5.60 Å². The van der Waals surface area contributed by atoms with E-state index in [0.717, 1.165) is 19.4 Å². The molecule has 0 aromatic rings. The maximum Gasteiger partial charge on any atom is 0.126 e. The first-order valence-corrected chi connectivity index (χ1v) is 7.61. The van der Waals surface area contributed by atoms with E-state index in [-0.39, 0.29) is 11.2 Å². The molecule has 1 rings (SSSR count). The molecule has 110 valence electrons. The smallest absolute Gasteiger partial charge is 0.126 e.